The van der Waals surface area contributed by atoms with Crippen LogP contribution in [0.15, 0.2) is 64.9 Å². The number of nitrogens with zero attached hydrogens (tertiary/aromatic N) is 1. The number of benzene rings is 2. The van der Waals surface area contributed by atoms with Gasteiger partial charge in [-0.2, -0.15) is 0 Å². The van der Waals surface area contributed by atoms with Crippen LogP contribution in [0.5, 0.6) is 0 Å². The highest BCUT2D eigenvalue weighted by Gasteiger charge is 2.04. The Kier molecular flexibility index (Phi) is 5.27. The molecule has 1 aromatic heterocycles. The lowest BCUT2D eigenvalue weighted by Gasteiger charge is -2.03. The molecule has 0 saturated carbocycles. The molecular weight excluding hydrogens is 308 g/mol. The van der Waals surface area contributed by atoms with E-state index in [0.29, 0.717) is 0 Å². The third kappa shape index (κ3) is 3.97. The van der Waals surface area contributed by atoms with Crippen LogP contribution in [0.3, 0.4) is 0 Å². The van der Waals surface area contributed by atoms with E-state index in [-0.39, 0.29) is 0 Å². The van der Waals surface area contributed by atoms with Crippen molar-refractivity contribution in [2.24, 2.45) is 0 Å². The maximum absolute atomic E-state index is 4.64. The molecule has 0 fully saturated rings. The molecule has 1 heterocycles. The summed E-state index contributed by atoms with van der Waals surface area (Å²) < 4.78 is 0. The Hall–Kier alpha value is -1.62. The highest BCUT2D eigenvalue weighted by Crippen LogP contribution is 2.27. The minimum atomic E-state index is 0.829. The second-order valence-corrected chi connectivity index (χ2v) is 6.95. The van der Waals surface area contributed by atoms with Crippen molar-refractivity contribution in [3.8, 4) is 11.3 Å². The van der Waals surface area contributed by atoms with Gasteiger partial charge in [-0.3, -0.25) is 0 Å². The van der Waals surface area contributed by atoms with Gasteiger partial charge in [-0.05, 0) is 24.7 Å². The number of nitrogens with one attached hydrogen (secondary N) is 1. The first-order chi connectivity index (χ1) is 10.8. The fourth-order valence-electron chi connectivity index (χ4n) is 2.14. The second kappa shape index (κ2) is 7.58. The summed E-state index contributed by atoms with van der Waals surface area (Å²) in [5, 5.41) is 6.38. The number of thioether (sulfide) groups is 1. The minimum absolute atomic E-state index is 0.829. The van der Waals surface area contributed by atoms with Gasteiger partial charge in [-0.15, -0.1) is 23.1 Å². The summed E-state index contributed by atoms with van der Waals surface area (Å²) in [6.45, 7) is 0.829. The van der Waals surface area contributed by atoms with Crippen molar-refractivity contribution in [3.05, 3.63) is 70.5 Å². The maximum atomic E-state index is 4.64. The molecule has 0 atom stereocenters. The van der Waals surface area contributed by atoms with E-state index in [9.17, 15) is 0 Å². The van der Waals surface area contributed by atoms with Gasteiger partial charge in [0.15, 0.2) is 0 Å². The van der Waals surface area contributed by atoms with E-state index in [1.165, 1.54) is 16.0 Å². The Morgan fingerprint density at radius 1 is 1.05 bits per heavy atom. The van der Waals surface area contributed by atoms with E-state index in [0.717, 1.165) is 23.0 Å². The van der Waals surface area contributed by atoms with Crippen LogP contribution in [0, 0.1) is 0 Å². The quantitative estimate of drug-likeness (QED) is 0.657. The average molecular weight is 326 g/mol. The molecule has 3 rings (SSSR count). The van der Waals surface area contributed by atoms with Crippen molar-refractivity contribution < 1.29 is 0 Å². The van der Waals surface area contributed by atoms with E-state index < -0.39 is 0 Å². The van der Waals surface area contributed by atoms with Crippen LogP contribution < -0.4 is 5.32 Å². The lowest BCUT2D eigenvalue weighted by molar-refractivity contribution is 0.811. The van der Waals surface area contributed by atoms with Crippen molar-refractivity contribution in [1.29, 1.82) is 0 Å². The van der Waals surface area contributed by atoms with Crippen LogP contribution in [-0.2, 0) is 12.3 Å². The molecule has 0 radical (unpaired) electrons. The Morgan fingerprint density at radius 3 is 2.55 bits per heavy atom. The molecule has 0 unspecified atom stereocenters. The minimum Gasteiger partial charge on any atom is -0.314 e. The molecule has 0 saturated heterocycles. The maximum Gasteiger partial charge on any atom is 0.107 e. The summed E-state index contributed by atoms with van der Waals surface area (Å²) in [6, 6.07) is 19.2. The summed E-state index contributed by atoms with van der Waals surface area (Å²) in [5.74, 6) is 1.00. The number of hydrogen-bond acceptors (Lipinski definition) is 4. The van der Waals surface area contributed by atoms with Crippen molar-refractivity contribution in [3.63, 3.8) is 0 Å². The monoisotopic (exact) mass is 326 g/mol. The van der Waals surface area contributed by atoms with Gasteiger partial charge in [0.05, 0.1) is 5.69 Å². The predicted octanol–water partition coefficient (Wildman–Crippen LogP) is 4.82. The van der Waals surface area contributed by atoms with Gasteiger partial charge in [0.25, 0.3) is 0 Å². The summed E-state index contributed by atoms with van der Waals surface area (Å²) in [6.07, 6.45) is 0. The highest BCUT2D eigenvalue weighted by molar-refractivity contribution is 7.98. The summed E-state index contributed by atoms with van der Waals surface area (Å²) >= 11 is 3.56. The van der Waals surface area contributed by atoms with Crippen molar-refractivity contribution in [1.82, 2.24) is 10.3 Å². The van der Waals surface area contributed by atoms with Gasteiger partial charge < -0.3 is 5.32 Å². The molecule has 0 aliphatic carbocycles. The first-order valence-corrected chi connectivity index (χ1v) is 9.08. The van der Waals surface area contributed by atoms with Crippen LogP contribution in [0.4, 0.5) is 0 Å². The normalized spacial score (nSPS) is 10.8. The second-order valence-electron chi connectivity index (χ2n) is 4.96. The third-order valence-corrected chi connectivity index (χ3v) is 5.21. The lowest BCUT2D eigenvalue weighted by atomic mass is 10.2. The first-order valence-electron chi connectivity index (χ1n) is 7.21. The van der Waals surface area contributed by atoms with Gasteiger partial charge in [-0.25, -0.2) is 4.98 Å². The zero-order valence-electron chi connectivity index (χ0n) is 12.5. The summed E-state index contributed by atoms with van der Waals surface area (Å²) in [4.78, 5) is 5.93. The number of thiazole rings is 1. The first kappa shape index (κ1) is 15.3. The van der Waals surface area contributed by atoms with E-state index in [2.05, 4.69) is 70.3 Å². The smallest absolute Gasteiger partial charge is 0.107 e. The fraction of sp³-hybridized carbons (Fsp3) is 0.167. The molecule has 0 spiro atoms. The molecule has 0 aliphatic heterocycles. The van der Waals surface area contributed by atoms with E-state index in [1.807, 2.05) is 18.8 Å². The van der Waals surface area contributed by atoms with Crippen LogP contribution in [0.1, 0.15) is 10.6 Å². The predicted molar refractivity (Wildman–Crippen MR) is 96.3 cm³/mol. The number of aromatic nitrogens is 1. The number of hydrogen-bond donors (Lipinski definition) is 1. The van der Waals surface area contributed by atoms with Gasteiger partial charge in [0, 0.05) is 28.1 Å². The van der Waals surface area contributed by atoms with Crippen molar-refractivity contribution in [2.75, 3.05) is 7.05 Å². The molecule has 1 N–H and O–H groups in total. The van der Waals surface area contributed by atoms with Crippen molar-refractivity contribution in [2.45, 2.75) is 17.2 Å². The van der Waals surface area contributed by atoms with Crippen LogP contribution >= 0.6 is 23.1 Å². The fourth-order valence-corrected chi connectivity index (χ4v) is 3.81. The van der Waals surface area contributed by atoms with E-state index >= 15 is 0 Å². The molecule has 0 aliphatic rings. The SMILES string of the molecule is CNCc1nc(-c2ccc(SCc3ccccc3)cc2)cs1. The van der Waals surface area contributed by atoms with Gasteiger partial charge >= 0.3 is 0 Å². The topological polar surface area (TPSA) is 24.9 Å². The van der Waals surface area contributed by atoms with E-state index in [4.69, 9.17) is 0 Å². The van der Waals surface area contributed by atoms with Gasteiger partial charge in [-0.1, -0.05) is 42.5 Å². The average Bonchev–Trinajstić information content (AvgIpc) is 3.03. The molecule has 3 aromatic rings. The lowest BCUT2D eigenvalue weighted by Crippen LogP contribution is -2.04. The number of rotatable bonds is 6. The zero-order chi connectivity index (χ0) is 15.2. The third-order valence-electron chi connectivity index (χ3n) is 3.28. The molecular formula is C18H18N2S2. The standard InChI is InChI=1S/C18H18N2S2/c1-19-11-18-20-17(13-22-18)15-7-9-16(10-8-15)21-12-14-5-3-2-4-6-14/h2-10,13,19H,11-12H2,1H3. The van der Waals surface area contributed by atoms with Gasteiger partial charge in [0.2, 0.25) is 0 Å². The van der Waals surface area contributed by atoms with Crippen LogP contribution in [0.2, 0.25) is 0 Å². The molecule has 0 bridgehead atoms. The summed E-state index contributed by atoms with van der Waals surface area (Å²) in [5.41, 5.74) is 3.60. The largest absolute Gasteiger partial charge is 0.314 e. The Labute approximate surface area is 139 Å². The van der Waals surface area contributed by atoms with Crippen molar-refractivity contribution >= 4 is 23.1 Å². The Morgan fingerprint density at radius 2 is 1.82 bits per heavy atom. The van der Waals surface area contributed by atoms with Crippen LogP contribution in [-0.4, -0.2) is 12.0 Å². The molecule has 22 heavy (non-hydrogen) atoms. The molecule has 2 nitrogen and oxygen atoms in total. The Balaban J connectivity index is 1.64. The highest BCUT2D eigenvalue weighted by atomic mass is 32.2. The molecule has 2 aromatic carbocycles. The van der Waals surface area contributed by atoms with E-state index in [1.54, 1.807) is 11.3 Å². The Bertz CT molecular complexity index is 705. The van der Waals surface area contributed by atoms with Crippen LogP contribution in [0.25, 0.3) is 11.3 Å². The molecule has 112 valence electrons. The zero-order valence-corrected chi connectivity index (χ0v) is 14.1. The summed E-state index contributed by atoms with van der Waals surface area (Å²) in [7, 11) is 1.94. The molecule has 0 amide bonds. The molecule has 4 heteroatoms. The van der Waals surface area contributed by atoms with Gasteiger partial charge in [0.1, 0.15) is 5.01 Å².